The van der Waals surface area contributed by atoms with Crippen LogP contribution in [0.5, 0.6) is 5.75 Å². The Morgan fingerprint density at radius 1 is 1.26 bits per heavy atom. The molecule has 1 aromatic rings. The van der Waals surface area contributed by atoms with E-state index in [4.69, 9.17) is 14.2 Å². The summed E-state index contributed by atoms with van der Waals surface area (Å²) in [6, 6.07) is 3.60. The fourth-order valence-electron chi connectivity index (χ4n) is 2.76. The van der Waals surface area contributed by atoms with Gasteiger partial charge in [0.25, 0.3) is 0 Å². The first-order valence-corrected chi connectivity index (χ1v) is 7.44. The fourth-order valence-corrected chi connectivity index (χ4v) is 2.76. The maximum atomic E-state index is 13.5. The molecule has 1 N–H and O–H groups in total. The number of benzene rings is 1. The highest BCUT2D eigenvalue weighted by Gasteiger charge is 2.36. The van der Waals surface area contributed by atoms with Gasteiger partial charge in [-0.25, -0.2) is 9.18 Å². The van der Waals surface area contributed by atoms with Crippen molar-refractivity contribution in [3.8, 4) is 5.75 Å². The Morgan fingerprint density at radius 2 is 1.87 bits per heavy atom. The molecule has 128 valence electrons. The average molecular weight is 326 g/mol. The zero-order valence-corrected chi connectivity index (χ0v) is 13.8. The van der Waals surface area contributed by atoms with Crippen molar-refractivity contribution >= 4 is 6.03 Å². The van der Waals surface area contributed by atoms with Crippen molar-refractivity contribution in [2.45, 2.75) is 25.2 Å². The van der Waals surface area contributed by atoms with Crippen LogP contribution < -0.4 is 10.1 Å². The molecular formula is C16H23FN2O4. The van der Waals surface area contributed by atoms with Crippen LogP contribution in [-0.4, -0.2) is 57.6 Å². The van der Waals surface area contributed by atoms with Crippen LogP contribution in [0.3, 0.4) is 0 Å². The normalized spacial score (nSPS) is 22.0. The highest BCUT2D eigenvalue weighted by molar-refractivity contribution is 5.75. The monoisotopic (exact) mass is 326 g/mol. The third-order valence-corrected chi connectivity index (χ3v) is 4.11. The number of carbonyl (C=O) groups excluding carboxylic acids is 1. The molecule has 0 aromatic heterocycles. The molecule has 1 aromatic carbocycles. The van der Waals surface area contributed by atoms with Crippen LogP contribution in [0.1, 0.15) is 18.5 Å². The summed E-state index contributed by atoms with van der Waals surface area (Å²) in [4.78, 5) is 14.0. The quantitative estimate of drug-likeness (QED) is 0.898. The highest BCUT2D eigenvalue weighted by Crippen LogP contribution is 2.26. The van der Waals surface area contributed by atoms with E-state index in [-0.39, 0.29) is 24.1 Å². The second-order valence-corrected chi connectivity index (χ2v) is 5.51. The summed E-state index contributed by atoms with van der Waals surface area (Å²) in [5, 5.41) is 2.86. The van der Waals surface area contributed by atoms with Gasteiger partial charge in [0.2, 0.25) is 0 Å². The van der Waals surface area contributed by atoms with Crippen molar-refractivity contribution in [3.05, 3.63) is 29.6 Å². The first-order valence-electron chi connectivity index (χ1n) is 7.44. The van der Waals surface area contributed by atoms with Crippen LogP contribution in [-0.2, 0) is 9.47 Å². The first kappa shape index (κ1) is 17.5. The summed E-state index contributed by atoms with van der Waals surface area (Å²) in [5.74, 6) is 0.159. The van der Waals surface area contributed by atoms with E-state index in [0.717, 1.165) is 0 Å². The number of carbonyl (C=O) groups is 1. The van der Waals surface area contributed by atoms with Gasteiger partial charge in [-0.2, -0.15) is 0 Å². The molecule has 0 spiro atoms. The maximum Gasteiger partial charge on any atom is 0.318 e. The van der Waals surface area contributed by atoms with Crippen molar-refractivity contribution in [2.75, 3.05) is 34.4 Å². The zero-order valence-electron chi connectivity index (χ0n) is 13.8. The molecule has 1 aliphatic heterocycles. The van der Waals surface area contributed by atoms with Gasteiger partial charge in [-0.1, -0.05) is 0 Å². The number of methoxy groups -OCH3 is 3. The SMILES string of the molecule is COc1ccc(F)cc1C(C)NC(=O)N1C[C@H](OC)[C@H](OC)C1. The molecule has 3 atom stereocenters. The number of nitrogens with one attached hydrogen (secondary N) is 1. The molecule has 1 aliphatic rings. The Hall–Kier alpha value is -1.86. The average Bonchev–Trinajstić information content (AvgIpc) is 2.98. The predicted octanol–water partition coefficient (Wildman–Crippen LogP) is 1.95. The molecule has 23 heavy (non-hydrogen) atoms. The molecule has 1 saturated heterocycles. The summed E-state index contributed by atoms with van der Waals surface area (Å²) < 4.78 is 29.3. The Balaban J connectivity index is 2.04. The van der Waals surface area contributed by atoms with Gasteiger partial charge in [0.15, 0.2) is 0 Å². The van der Waals surface area contributed by atoms with Crippen molar-refractivity contribution in [2.24, 2.45) is 0 Å². The molecule has 1 fully saturated rings. The third-order valence-electron chi connectivity index (χ3n) is 4.11. The minimum atomic E-state index is -0.393. The molecule has 1 unspecified atom stereocenters. The van der Waals surface area contributed by atoms with Crippen LogP contribution in [0.15, 0.2) is 18.2 Å². The lowest BCUT2D eigenvalue weighted by atomic mass is 10.1. The van der Waals surface area contributed by atoms with Crippen molar-refractivity contribution in [1.82, 2.24) is 10.2 Å². The lowest BCUT2D eigenvalue weighted by Crippen LogP contribution is -2.40. The van der Waals surface area contributed by atoms with Gasteiger partial charge in [-0.05, 0) is 25.1 Å². The second kappa shape index (κ2) is 7.61. The van der Waals surface area contributed by atoms with E-state index in [0.29, 0.717) is 24.4 Å². The van der Waals surface area contributed by atoms with Gasteiger partial charge in [0.05, 0.1) is 26.2 Å². The Kier molecular flexibility index (Phi) is 5.79. The van der Waals surface area contributed by atoms with Gasteiger partial charge >= 0.3 is 6.03 Å². The molecule has 7 heteroatoms. The minimum Gasteiger partial charge on any atom is -0.496 e. The molecule has 0 saturated carbocycles. The van der Waals surface area contributed by atoms with E-state index in [1.165, 1.54) is 19.2 Å². The van der Waals surface area contributed by atoms with E-state index in [2.05, 4.69) is 5.32 Å². The number of urea groups is 1. The molecule has 6 nitrogen and oxygen atoms in total. The van der Waals surface area contributed by atoms with Gasteiger partial charge in [-0.15, -0.1) is 0 Å². The molecule has 0 bridgehead atoms. The van der Waals surface area contributed by atoms with Crippen LogP contribution in [0.4, 0.5) is 9.18 Å². The number of rotatable bonds is 5. The molecule has 2 rings (SSSR count). The van der Waals surface area contributed by atoms with Crippen LogP contribution in [0, 0.1) is 5.82 Å². The lowest BCUT2D eigenvalue weighted by Gasteiger charge is -2.22. The van der Waals surface area contributed by atoms with Crippen LogP contribution in [0.25, 0.3) is 0 Å². The van der Waals surface area contributed by atoms with E-state index in [1.54, 1.807) is 32.1 Å². The van der Waals surface area contributed by atoms with Gasteiger partial charge in [0.1, 0.15) is 23.8 Å². The van der Waals surface area contributed by atoms with E-state index in [1.807, 2.05) is 0 Å². The van der Waals surface area contributed by atoms with E-state index < -0.39 is 6.04 Å². The first-order chi connectivity index (χ1) is 11.0. The zero-order chi connectivity index (χ0) is 17.0. The molecule has 1 heterocycles. The largest absolute Gasteiger partial charge is 0.496 e. The number of halogens is 1. The minimum absolute atomic E-state index is 0.148. The third kappa shape index (κ3) is 3.92. The number of amides is 2. The summed E-state index contributed by atoms with van der Waals surface area (Å²) >= 11 is 0. The molecular weight excluding hydrogens is 303 g/mol. The Morgan fingerprint density at radius 3 is 2.39 bits per heavy atom. The summed E-state index contributed by atoms with van der Waals surface area (Å²) in [5.41, 5.74) is 0.589. The van der Waals surface area contributed by atoms with Crippen molar-refractivity contribution in [3.63, 3.8) is 0 Å². The maximum absolute atomic E-state index is 13.5. The predicted molar refractivity (Wildman–Crippen MR) is 83.1 cm³/mol. The fraction of sp³-hybridized carbons (Fsp3) is 0.562. The lowest BCUT2D eigenvalue weighted by molar-refractivity contribution is -0.00461. The number of hydrogen-bond acceptors (Lipinski definition) is 4. The van der Waals surface area contributed by atoms with Gasteiger partial charge < -0.3 is 24.4 Å². The van der Waals surface area contributed by atoms with Crippen LogP contribution in [0.2, 0.25) is 0 Å². The van der Waals surface area contributed by atoms with E-state index in [9.17, 15) is 9.18 Å². The number of ether oxygens (including phenoxy) is 3. The Bertz CT molecular complexity index is 543. The number of nitrogens with zero attached hydrogens (tertiary/aromatic N) is 1. The Labute approximate surface area is 135 Å². The van der Waals surface area contributed by atoms with Crippen molar-refractivity contribution in [1.29, 1.82) is 0 Å². The van der Waals surface area contributed by atoms with Gasteiger partial charge in [-0.3, -0.25) is 0 Å². The molecule has 0 aliphatic carbocycles. The molecule has 2 amide bonds. The smallest absolute Gasteiger partial charge is 0.318 e. The number of likely N-dealkylation sites (tertiary alicyclic amines) is 1. The summed E-state index contributed by atoms with van der Waals surface area (Å²) in [7, 11) is 4.70. The van der Waals surface area contributed by atoms with Gasteiger partial charge in [0, 0.05) is 19.8 Å². The summed E-state index contributed by atoms with van der Waals surface area (Å²) in [6.45, 7) is 2.69. The van der Waals surface area contributed by atoms with Crippen molar-refractivity contribution < 1.29 is 23.4 Å². The topological polar surface area (TPSA) is 60.0 Å². The highest BCUT2D eigenvalue weighted by atomic mass is 19.1. The second-order valence-electron chi connectivity index (χ2n) is 5.51. The number of hydrogen-bond donors (Lipinski definition) is 1. The standard InChI is InChI=1S/C16H23FN2O4/c1-10(12-7-11(17)5-6-13(12)21-2)18-16(20)19-8-14(22-3)15(9-19)23-4/h5-7,10,14-15H,8-9H2,1-4H3,(H,18,20)/t10?,14-,15+. The van der Waals surface area contributed by atoms with Crippen LogP contribution >= 0.6 is 0 Å². The molecule has 0 radical (unpaired) electrons. The van der Waals surface area contributed by atoms with E-state index >= 15 is 0 Å². The summed E-state index contributed by atoms with van der Waals surface area (Å²) in [6.07, 6.45) is -0.297.